The molecular weight excluding hydrogens is 244 g/mol. The van der Waals surface area contributed by atoms with Gasteiger partial charge in [0.05, 0.1) is 4.92 Å². The minimum absolute atomic E-state index is 0.0799. The first kappa shape index (κ1) is 15.4. The lowest BCUT2D eigenvalue weighted by Gasteiger charge is -2.20. The van der Waals surface area contributed by atoms with Gasteiger partial charge in [0.25, 0.3) is 5.69 Å². The zero-order chi connectivity index (χ0) is 14.3. The first-order valence-corrected chi connectivity index (χ1v) is 6.65. The third-order valence-electron chi connectivity index (χ3n) is 3.07. The second-order valence-electron chi connectivity index (χ2n) is 4.81. The highest BCUT2D eigenvalue weighted by molar-refractivity contribution is 5.35. The third kappa shape index (κ3) is 5.26. The zero-order valence-electron chi connectivity index (χ0n) is 11.8. The number of nitrogens with one attached hydrogen (secondary N) is 1. The summed E-state index contributed by atoms with van der Waals surface area (Å²) in [6, 6.07) is 6.65. The molecule has 1 atom stereocenters. The second kappa shape index (κ2) is 7.74. The quantitative estimate of drug-likeness (QED) is 0.446. The predicted octanol–water partition coefficient (Wildman–Crippen LogP) is 3.00. The maximum atomic E-state index is 10.5. The maximum Gasteiger partial charge on any atom is 0.269 e. The molecule has 19 heavy (non-hydrogen) atoms. The number of nitrogens with zero attached hydrogens (tertiary/aromatic N) is 1. The summed E-state index contributed by atoms with van der Waals surface area (Å²) < 4.78 is 5.53. The molecule has 0 fully saturated rings. The normalized spacial score (nSPS) is 12.4. The molecule has 1 unspecified atom stereocenters. The standard InChI is InChI=1S/C14H22N2O3/c1-4-14(11(2)3)15-9-10-19-13-7-5-12(6-8-13)16(17)18/h5-8,11,14-15H,4,9-10H2,1-3H3. The third-order valence-corrected chi connectivity index (χ3v) is 3.07. The van der Waals surface area contributed by atoms with Gasteiger partial charge in [-0.25, -0.2) is 0 Å². The van der Waals surface area contributed by atoms with Crippen molar-refractivity contribution in [3.8, 4) is 5.75 Å². The lowest BCUT2D eigenvalue weighted by atomic mass is 10.0. The van der Waals surface area contributed by atoms with Gasteiger partial charge in [-0.05, 0) is 24.5 Å². The van der Waals surface area contributed by atoms with Crippen molar-refractivity contribution in [1.29, 1.82) is 0 Å². The van der Waals surface area contributed by atoms with Crippen LogP contribution in [0.15, 0.2) is 24.3 Å². The first-order valence-electron chi connectivity index (χ1n) is 6.65. The molecule has 1 N–H and O–H groups in total. The molecule has 0 heterocycles. The van der Waals surface area contributed by atoms with Crippen molar-refractivity contribution in [2.24, 2.45) is 5.92 Å². The van der Waals surface area contributed by atoms with Crippen LogP contribution in [-0.4, -0.2) is 24.1 Å². The van der Waals surface area contributed by atoms with E-state index in [2.05, 4.69) is 26.1 Å². The van der Waals surface area contributed by atoms with E-state index in [0.29, 0.717) is 24.3 Å². The van der Waals surface area contributed by atoms with Crippen LogP contribution in [0.2, 0.25) is 0 Å². The van der Waals surface area contributed by atoms with Crippen molar-refractivity contribution >= 4 is 5.69 Å². The Bertz CT molecular complexity index is 390. The lowest BCUT2D eigenvalue weighted by molar-refractivity contribution is -0.384. The largest absolute Gasteiger partial charge is 0.492 e. The van der Waals surface area contributed by atoms with Crippen LogP contribution in [0.5, 0.6) is 5.75 Å². The molecule has 0 spiro atoms. The molecule has 0 aromatic heterocycles. The van der Waals surface area contributed by atoms with E-state index in [1.165, 1.54) is 12.1 Å². The van der Waals surface area contributed by atoms with Gasteiger partial charge in [0.2, 0.25) is 0 Å². The van der Waals surface area contributed by atoms with E-state index < -0.39 is 4.92 Å². The van der Waals surface area contributed by atoms with E-state index >= 15 is 0 Å². The number of nitro groups is 1. The Morgan fingerprint density at radius 3 is 2.42 bits per heavy atom. The lowest BCUT2D eigenvalue weighted by Crippen LogP contribution is -2.35. The minimum Gasteiger partial charge on any atom is -0.492 e. The fourth-order valence-corrected chi connectivity index (χ4v) is 1.93. The molecule has 5 nitrogen and oxygen atoms in total. The Hall–Kier alpha value is -1.62. The summed E-state index contributed by atoms with van der Waals surface area (Å²) >= 11 is 0. The topological polar surface area (TPSA) is 64.4 Å². The van der Waals surface area contributed by atoms with Crippen LogP contribution in [0.3, 0.4) is 0 Å². The van der Waals surface area contributed by atoms with Crippen molar-refractivity contribution in [1.82, 2.24) is 5.32 Å². The molecule has 0 aliphatic heterocycles. The van der Waals surface area contributed by atoms with Crippen molar-refractivity contribution in [3.05, 3.63) is 34.4 Å². The summed E-state index contributed by atoms with van der Waals surface area (Å²) in [6.07, 6.45) is 1.09. The van der Waals surface area contributed by atoms with E-state index in [0.717, 1.165) is 13.0 Å². The molecule has 106 valence electrons. The van der Waals surface area contributed by atoms with Gasteiger partial charge in [0, 0.05) is 24.7 Å². The summed E-state index contributed by atoms with van der Waals surface area (Å²) in [4.78, 5) is 10.1. The van der Waals surface area contributed by atoms with Crippen LogP contribution in [0, 0.1) is 16.0 Å². The SMILES string of the molecule is CCC(NCCOc1ccc([N+](=O)[O-])cc1)C(C)C. The molecule has 0 bridgehead atoms. The fraction of sp³-hybridized carbons (Fsp3) is 0.571. The zero-order valence-corrected chi connectivity index (χ0v) is 11.8. The van der Waals surface area contributed by atoms with Crippen LogP contribution in [0.25, 0.3) is 0 Å². The smallest absolute Gasteiger partial charge is 0.269 e. The van der Waals surface area contributed by atoms with Gasteiger partial charge >= 0.3 is 0 Å². The maximum absolute atomic E-state index is 10.5. The number of nitro benzene ring substituents is 1. The van der Waals surface area contributed by atoms with E-state index in [-0.39, 0.29) is 5.69 Å². The summed E-state index contributed by atoms with van der Waals surface area (Å²) in [7, 11) is 0. The average molecular weight is 266 g/mol. The van der Waals surface area contributed by atoms with Gasteiger partial charge < -0.3 is 10.1 Å². The van der Waals surface area contributed by atoms with Crippen LogP contribution < -0.4 is 10.1 Å². The Balaban J connectivity index is 2.31. The Kier molecular flexibility index (Phi) is 6.29. The highest BCUT2D eigenvalue weighted by Gasteiger charge is 2.09. The number of rotatable bonds is 8. The molecule has 0 saturated carbocycles. The predicted molar refractivity (Wildman–Crippen MR) is 75.5 cm³/mol. The number of benzene rings is 1. The van der Waals surface area contributed by atoms with Crippen LogP contribution >= 0.6 is 0 Å². The Labute approximate surface area is 114 Å². The first-order chi connectivity index (χ1) is 9.04. The van der Waals surface area contributed by atoms with Gasteiger partial charge in [-0.3, -0.25) is 10.1 Å². The van der Waals surface area contributed by atoms with Crippen molar-refractivity contribution in [2.45, 2.75) is 33.2 Å². The van der Waals surface area contributed by atoms with Gasteiger partial charge in [-0.2, -0.15) is 0 Å². The van der Waals surface area contributed by atoms with Gasteiger partial charge in [0.15, 0.2) is 0 Å². The molecule has 5 heteroatoms. The number of non-ortho nitro benzene ring substituents is 1. The van der Waals surface area contributed by atoms with Crippen LogP contribution in [-0.2, 0) is 0 Å². The molecule has 1 aromatic carbocycles. The van der Waals surface area contributed by atoms with Gasteiger partial charge in [-0.1, -0.05) is 20.8 Å². The summed E-state index contributed by atoms with van der Waals surface area (Å²) in [6.45, 7) is 7.88. The van der Waals surface area contributed by atoms with Crippen molar-refractivity contribution in [3.63, 3.8) is 0 Å². The molecule has 1 rings (SSSR count). The molecular formula is C14H22N2O3. The molecule has 1 aromatic rings. The monoisotopic (exact) mass is 266 g/mol. The highest BCUT2D eigenvalue weighted by atomic mass is 16.6. The fourth-order valence-electron chi connectivity index (χ4n) is 1.93. The number of hydrogen-bond acceptors (Lipinski definition) is 4. The minimum atomic E-state index is -0.417. The average Bonchev–Trinajstić information content (AvgIpc) is 2.38. The Morgan fingerprint density at radius 1 is 1.32 bits per heavy atom. The van der Waals surface area contributed by atoms with E-state index in [1.54, 1.807) is 12.1 Å². The van der Waals surface area contributed by atoms with Gasteiger partial charge in [-0.15, -0.1) is 0 Å². The van der Waals surface area contributed by atoms with E-state index in [1.807, 2.05) is 0 Å². The molecule has 0 aliphatic rings. The van der Waals surface area contributed by atoms with E-state index in [4.69, 9.17) is 4.74 Å². The van der Waals surface area contributed by atoms with E-state index in [9.17, 15) is 10.1 Å². The second-order valence-corrected chi connectivity index (χ2v) is 4.81. The molecule has 0 aliphatic carbocycles. The molecule has 0 amide bonds. The van der Waals surface area contributed by atoms with Crippen LogP contribution in [0.4, 0.5) is 5.69 Å². The van der Waals surface area contributed by atoms with Crippen molar-refractivity contribution < 1.29 is 9.66 Å². The van der Waals surface area contributed by atoms with Crippen LogP contribution in [0.1, 0.15) is 27.2 Å². The highest BCUT2D eigenvalue weighted by Crippen LogP contribution is 2.17. The number of hydrogen-bond donors (Lipinski definition) is 1. The van der Waals surface area contributed by atoms with Gasteiger partial charge in [0.1, 0.15) is 12.4 Å². The number of ether oxygens (including phenoxy) is 1. The summed E-state index contributed by atoms with van der Waals surface area (Å²) in [5.74, 6) is 1.26. The molecule has 0 radical (unpaired) electrons. The summed E-state index contributed by atoms with van der Waals surface area (Å²) in [5, 5.41) is 13.9. The van der Waals surface area contributed by atoms with Crippen molar-refractivity contribution in [2.75, 3.05) is 13.2 Å². The summed E-state index contributed by atoms with van der Waals surface area (Å²) in [5.41, 5.74) is 0.0799. The molecule has 0 saturated heterocycles. The Morgan fingerprint density at radius 2 is 1.95 bits per heavy atom.